The molecule has 88 valence electrons. The van der Waals surface area contributed by atoms with Gasteiger partial charge in [-0.2, -0.15) is 0 Å². The van der Waals surface area contributed by atoms with Crippen molar-refractivity contribution in [2.45, 2.75) is 58.0 Å². The molecule has 0 aliphatic heterocycles. The third kappa shape index (κ3) is 1.99. The Labute approximate surface area is 97.7 Å². The van der Waals surface area contributed by atoms with Crippen molar-refractivity contribution in [2.75, 3.05) is 0 Å². The van der Waals surface area contributed by atoms with Crippen LogP contribution in [-0.2, 0) is 0 Å². The smallest absolute Gasteiger partial charge is 0.0675 e. The van der Waals surface area contributed by atoms with Crippen LogP contribution in [0.5, 0.6) is 0 Å². The number of nitrogens with zero attached hydrogens (tertiary/aromatic N) is 1. The Hall–Kier alpha value is -0.890. The second-order valence-electron chi connectivity index (χ2n) is 5.61. The van der Waals surface area contributed by atoms with Gasteiger partial charge in [0.1, 0.15) is 0 Å². The van der Waals surface area contributed by atoms with Crippen LogP contribution < -0.4 is 0 Å². The van der Waals surface area contributed by atoms with Gasteiger partial charge < -0.3 is 5.11 Å². The maximum Gasteiger partial charge on any atom is 0.0675 e. The predicted octanol–water partition coefficient (Wildman–Crippen LogP) is 3.14. The largest absolute Gasteiger partial charge is 0.390 e. The van der Waals surface area contributed by atoms with Crippen LogP contribution >= 0.6 is 0 Å². The average Bonchev–Trinajstić information content (AvgIpc) is 2.15. The van der Waals surface area contributed by atoms with Crippen LogP contribution in [0.4, 0.5) is 0 Å². The van der Waals surface area contributed by atoms with E-state index in [9.17, 15) is 5.11 Å². The zero-order valence-electron chi connectivity index (χ0n) is 10.6. The highest BCUT2D eigenvalue weighted by atomic mass is 16.3. The Morgan fingerprint density at radius 1 is 1.31 bits per heavy atom. The minimum atomic E-state index is -0.671. The summed E-state index contributed by atoms with van der Waals surface area (Å²) < 4.78 is 0. The Balaban J connectivity index is 2.50. The van der Waals surface area contributed by atoms with Crippen LogP contribution in [0.25, 0.3) is 0 Å². The number of aliphatic hydroxyl groups is 1. The average molecular weight is 219 g/mol. The summed E-state index contributed by atoms with van der Waals surface area (Å²) in [6, 6.07) is 4.25. The second kappa shape index (κ2) is 3.85. The highest BCUT2D eigenvalue weighted by molar-refractivity contribution is 5.32. The number of aromatic nitrogens is 1. The van der Waals surface area contributed by atoms with Crippen molar-refractivity contribution in [3.63, 3.8) is 0 Å². The molecule has 1 aromatic heterocycles. The van der Waals surface area contributed by atoms with Crippen molar-refractivity contribution in [3.8, 4) is 0 Å². The van der Waals surface area contributed by atoms with Gasteiger partial charge in [0.05, 0.1) is 11.3 Å². The molecule has 0 bridgehead atoms. The number of aryl methyl sites for hydroxylation is 1. The summed E-state index contributed by atoms with van der Waals surface area (Å²) >= 11 is 0. The van der Waals surface area contributed by atoms with E-state index in [1.165, 1.54) is 5.56 Å². The minimum Gasteiger partial charge on any atom is -0.390 e. The SMILES string of the molecule is Cc1ccc2c(n1)[C@H](C(C)(C)O)CC[C@H]2C. The van der Waals surface area contributed by atoms with Crippen LogP contribution in [0, 0.1) is 6.92 Å². The highest BCUT2D eigenvalue weighted by Crippen LogP contribution is 2.42. The molecule has 0 spiro atoms. The summed E-state index contributed by atoms with van der Waals surface area (Å²) in [5.41, 5.74) is 2.81. The fraction of sp³-hybridized carbons (Fsp3) is 0.643. The Bertz CT molecular complexity index is 392. The number of fused-ring (bicyclic) bond motifs is 1. The maximum atomic E-state index is 10.2. The summed E-state index contributed by atoms with van der Waals surface area (Å²) in [5, 5.41) is 10.2. The van der Waals surface area contributed by atoms with E-state index in [4.69, 9.17) is 0 Å². The fourth-order valence-corrected chi connectivity index (χ4v) is 2.68. The molecule has 2 nitrogen and oxygen atoms in total. The van der Waals surface area contributed by atoms with Gasteiger partial charge >= 0.3 is 0 Å². The molecule has 1 heterocycles. The molecule has 2 atom stereocenters. The Kier molecular flexibility index (Phi) is 2.79. The van der Waals surface area contributed by atoms with Gasteiger partial charge in [-0.05, 0) is 51.2 Å². The summed E-state index contributed by atoms with van der Waals surface area (Å²) in [6.45, 7) is 8.04. The molecule has 0 aromatic carbocycles. The van der Waals surface area contributed by atoms with E-state index >= 15 is 0 Å². The number of hydrogen-bond acceptors (Lipinski definition) is 2. The lowest BCUT2D eigenvalue weighted by molar-refractivity contribution is 0.0407. The van der Waals surface area contributed by atoms with Crippen molar-refractivity contribution in [2.24, 2.45) is 0 Å². The Morgan fingerprint density at radius 3 is 2.62 bits per heavy atom. The molecular weight excluding hydrogens is 198 g/mol. The number of hydrogen-bond donors (Lipinski definition) is 1. The van der Waals surface area contributed by atoms with Crippen LogP contribution in [0.2, 0.25) is 0 Å². The molecule has 1 aliphatic rings. The van der Waals surface area contributed by atoms with Gasteiger partial charge in [0.15, 0.2) is 0 Å². The first-order valence-corrected chi connectivity index (χ1v) is 6.09. The second-order valence-corrected chi connectivity index (χ2v) is 5.61. The van der Waals surface area contributed by atoms with Crippen molar-refractivity contribution in [3.05, 3.63) is 29.1 Å². The molecule has 1 aromatic rings. The van der Waals surface area contributed by atoms with E-state index in [1.807, 2.05) is 20.8 Å². The standard InChI is InChI=1S/C14H21NO/c1-9-5-8-12(14(3,4)16)13-11(9)7-6-10(2)15-13/h6-7,9,12,16H,5,8H2,1-4H3/t9-,12-/m1/s1. The normalized spacial score (nSPS) is 25.3. The molecule has 0 unspecified atom stereocenters. The lowest BCUT2D eigenvalue weighted by Crippen LogP contribution is -2.33. The van der Waals surface area contributed by atoms with E-state index in [2.05, 4.69) is 24.0 Å². The number of rotatable bonds is 1. The molecule has 0 amide bonds. The van der Waals surface area contributed by atoms with Gasteiger partial charge in [0.25, 0.3) is 0 Å². The van der Waals surface area contributed by atoms with Gasteiger partial charge in [-0.15, -0.1) is 0 Å². The molecule has 1 N–H and O–H groups in total. The molecule has 2 heteroatoms. The minimum absolute atomic E-state index is 0.179. The van der Waals surface area contributed by atoms with Crippen LogP contribution in [0.1, 0.15) is 62.4 Å². The molecule has 0 saturated carbocycles. The van der Waals surface area contributed by atoms with E-state index in [0.717, 1.165) is 24.2 Å². The predicted molar refractivity (Wildman–Crippen MR) is 65.7 cm³/mol. The molecule has 16 heavy (non-hydrogen) atoms. The van der Waals surface area contributed by atoms with Crippen molar-refractivity contribution in [1.29, 1.82) is 0 Å². The first-order chi connectivity index (χ1) is 7.39. The summed E-state index contributed by atoms with van der Waals surface area (Å²) in [7, 11) is 0. The first kappa shape index (κ1) is 11.6. The van der Waals surface area contributed by atoms with Gasteiger partial charge in [0, 0.05) is 11.6 Å². The van der Waals surface area contributed by atoms with Crippen LogP contribution in [0.15, 0.2) is 12.1 Å². The van der Waals surface area contributed by atoms with Crippen molar-refractivity contribution < 1.29 is 5.11 Å². The van der Waals surface area contributed by atoms with Gasteiger partial charge in [0.2, 0.25) is 0 Å². The van der Waals surface area contributed by atoms with Crippen molar-refractivity contribution >= 4 is 0 Å². The van der Waals surface area contributed by atoms with Gasteiger partial charge in [-0.3, -0.25) is 4.98 Å². The molecule has 0 saturated heterocycles. The van der Waals surface area contributed by atoms with Gasteiger partial charge in [-0.1, -0.05) is 13.0 Å². The maximum absolute atomic E-state index is 10.2. The zero-order chi connectivity index (χ0) is 11.9. The first-order valence-electron chi connectivity index (χ1n) is 6.09. The lowest BCUT2D eigenvalue weighted by Gasteiger charge is -2.36. The van der Waals surface area contributed by atoms with Crippen LogP contribution in [-0.4, -0.2) is 15.7 Å². The van der Waals surface area contributed by atoms with E-state index in [0.29, 0.717) is 5.92 Å². The third-order valence-electron chi connectivity index (χ3n) is 3.70. The van der Waals surface area contributed by atoms with Gasteiger partial charge in [-0.25, -0.2) is 0 Å². The van der Waals surface area contributed by atoms with E-state index in [-0.39, 0.29) is 5.92 Å². The Morgan fingerprint density at radius 2 is 2.00 bits per heavy atom. The number of pyridine rings is 1. The summed E-state index contributed by atoms with van der Waals surface area (Å²) in [6.07, 6.45) is 2.18. The molecule has 0 fully saturated rings. The van der Waals surface area contributed by atoms with E-state index < -0.39 is 5.60 Å². The topological polar surface area (TPSA) is 33.1 Å². The quantitative estimate of drug-likeness (QED) is 0.787. The highest BCUT2D eigenvalue weighted by Gasteiger charge is 2.35. The summed E-state index contributed by atoms with van der Waals surface area (Å²) in [4.78, 5) is 4.65. The third-order valence-corrected chi connectivity index (χ3v) is 3.70. The fourth-order valence-electron chi connectivity index (χ4n) is 2.68. The molecule has 2 rings (SSSR count). The molecule has 1 aliphatic carbocycles. The van der Waals surface area contributed by atoms with Crippen LogP contribution in [0.3, 0.4) is 0 Å². The molecule has 0 radical (unpaired) electrons. The lowest BCUT2D eigenvalue weighted by atomic mass is 9.74. The zero-order valence-corrected chi connectivity index (χ0v) is 10.6. The summed E-state index contributed by atoms with van der Waals surface area (Å²) in [5.74, 6) is 0.750. The van der Waals surface area contributed by atoms with Crippen molar-refractivity contribution in [1.82, 2.24) is 4.98 Å². The van der Waals surface area contributed by atoms with E-state index in [1.54, 1.807) is 0 Å². The molecular formula is C14H21NO. The monoisotopic (exact) mass is 219 g/mol.